The normalized spacial score (nSPS) is 11.1. The van der Waals surface area contributed by atoms with E-state index < -0.39 is 16.0 Å². The molecule has 0 saturated heterocycles. The van der Waals surface area contributed by atoms with Crippen molar-refractivity contribution in [2.45, 2.75) is 4.90 Å². The quantitative estimate of drug-likeness (QED) is 0.920. The number of sulfonamides is 1. The predicted molar refractivity (Wildman–Crippen MR) is 78.0 cm³/mol. The number of carbonyl (C=O) groups excluding carboxylic acids is 1. The highest BCUT2D eigenvalue weighted by atomic mass is 35.5. The maximum Gasteiger partial charge on any atom is 0.261 e. The smallest absolute Gasteiger partial charge is 0.261 e. The van der Waals surface area contributed by atoms with Crippen molar-refractivity contribution in [2.75, 3.05) is 4.72 Å². The number of carbonyl (C=O) groups is 1. The number of carboxylic acids is 1. The van der Waals surface area contributed by atoms with Crippen LogP contribution in [0, 0.1) is 0 Å². The summed E-state index contributed by atoms with van der Waals surface area (Å²) in [7, 11) is -3.99. The van der Waals surface area contributed by atoms with Crippen molar-refractivity contribution < 1.29 is 18.3 Å². The van der Waals surface area contributed by atoms with Gasteiger partial charge < -0.3 is 9.90 Å². The second kappa shape index (κ2) is 5.93. The third kappa shape index (κ3) is 3.47. The number of rotatable bonds is 4. The molecule has 2 aromatic rings. The van der Waals surface area contributed by atoms with Crippen LogP contribution < -0.4 is 9.83 Å². The highest BCUT2D eigenvalue weighted by molar-refractivity contribution is 7.92. The van der Waals surface area contributed by atoms with Gasteiger partial charge in [0.1, 0.15) is 0 Å². The first-order chi connectivity index (χ1) is 9.81. The minimum Gasteiger partial charge on any atom is -0.545 e. The molecule has 0 heterocycles. The number of hydrogen-bond donors (Lipinski definition) is 1. The molecule has 0 atom stereocenters. The van der Waals surface area contributed by atoms with Crippen LogP contribution >= 0.6 is 23.2 Å². The number of halogens is 2. The molecule has 2 rings (SSSR count). The van der Waals surface area contributed by atoms with Crippen LogP contribution in [-0.4, -0.2) is 14.4 Å². The van der Waals surface area contributed by atoms with Crippen LogP contribution in [0.5, 0.6) is 0 Å². The van der Waals surface area contributed by atoms with Crippen molar-refractivity contribution in [3.8, 4) is 0 Å². The first-order valence-electron chi connectivity index (χ1n) is 5.59. The van der Waals surface area contributed by atoms with E-state index in [1.165, 1.54) is 42.5 Å². The molecule has 0 unspecified atom stereocenters. The van der Waals surface area contributed by atoms with E-state index in [1.807, 2.05) is 0 Å². The highest BCUT2D eigenvalue weighted by Crippen LogP contribution is 2.26. The lowest BCUT2D eigenvalue weighted by atomic mass is 10.2. The SMILES string of the molecule is O=C([O-])c1ccccc1NS(=O)(=O)c1ccc(Cl)c(Cl)c1. The van der Waals surface area contributed by atoms with Crippen LogP contribution in [0.4, 0.5) is 5.69 Å². The fraction of sp³-hybridized carbons (Fsp3) is 0. The van der Waals surface area contributed by atoms with Gasteiger partial charge in [-0.1, -0.05) is 41.4 Å². The fourth-order valence-electron chi connectivity index (χ4n) is 1.60. The first-order valence-corrected chi connectivity index (χ1v) is 7.83. The maximum atomic E-state index is 12.2. The summed E-state index contributed by atoms with van der Waals surface area (Å²) >= 11 is 11.5. The Morgan fingerprint density at radius 1 is 1.05 bits per heavy atom. The average molecular weight is 345 g/mol. The highest BCUT2D eigenvalue weighted by Gasteiger charge is 2.17. The maximum absolute atomic E-state index is 12.2. The molecule has 8 heteroatoms. The molecule has 0 fully saturated rings. The number of benzene rings is 2. The van der Waals surface area contributed by atoms with Crippen molar-refractivity contribution >= 4 is 44.9 Å². The Labute approximate surface area is 131 Å². The Kier molecular flexibility index (Phi) is 4.41. The zero-order valence-electron chi connectivity index (χ0n) is 10.3. The molecule has 0 saturated carbocycles. The van der Waals surface area contributed by atoms with Crippen molar-refractivity contribution in [1.29, 1.82) is 0 Å². The van der Waals surface area contributed by atoms with Crippen molar-refractivity contribution in [3.05, 3.63) is 58.1 Å². The zero-order chi connectivity index (χ0) is 15.6. The second-order valence-corrected chi connectivity index (χ2v) is 6.51. The molecular formula is C13H8Cl2NO4S-. The molecule has 0 aromatic heterocycles. The van der Waals surface area contributed by atoms with Gasteiger partial charge >= 0.3 is 0 Å². The van der Waals surface area contributed by atoms with E-state index in [9.17, 15) is 18.3 Å². The summed E-state index contributed by atoms with van der Waals surface area (Å²) < 4.78 is 26.6. The van der Waals surface area contributed by atoms with Gasteiger partial charge in [0.2, 0.25) is 0 Å². The molecule has 1 N–H and O–H groups in total. The molecule has 0 amide bonds. The van der Waals surface area contributed by atoms with Crippen molar-refractivity contribution in [1.82, 2.24) is 0 Å². The molecule has 2 aromatic carbocycles. The van der Waals surface area contributed by atoms with Crippen LogP contribution in [0.3, 0.4) is 0 Å². The molecule has 0 spiro atoms. The fourth-order valence-corrected chi connectivity index (χ4v) is 3.07. The van der Waals surface area contributed by atoms with E-state index in [1.54, 1.807) is 0 Å². The van der Waals surface area contributed by atoms with Gasteiger partial charge in [0, 0.05) is 5.56 Å². The number of carboxylic acid groups (broad SMARTS) is 1. The summed E-state index contributed by atoms with van der Waals surface area (Å²) in [4.78, 5) is 10.8. The van der Waals surface area contributed by atoms with Crippen LogP contribution in [0.25, 0.3) is 0 Å². The Bertz CT molecular complexity index is 806. The Morgan fingerprint density at radius 3 is 2.33 bits per heavy atom. The van der Waals surface area contributed by atoms with Crippen LogP contribution in [0.1, 0.15) is 10.4 Å². The molecule has 110 valence electrons. The first kappa shape index (κ1) is 15.6. The van der Waals surface area contributed by atoms with E-state index in [2.05, 4.69) is 4.72 Å². The molecular weight excluding hydrogens is 337 g/mol. The standard InChI is InChI=1S/C13H9Cl2NO4S/c14-10-6-5-8(7-11(10)15)21(19,20)16-12-4-2-1-3-9(12)13(17)18/h1-7,16H,(H,17,18)/p-1. The average Bonchev–Trinajstić information content (AvgIpc) is 2.41. The summed E-state index contributed by atoms with van der Waals surface area (Å²) in [6.45, 7) is 0. The molecule has 0 aliphatic heterocycles. The van der Waals surface area contributed by atoms with Crippen molar-refractivity contribution in [2.24, 2.45) is 0 Å². The molecule has 5 nitrogen and oxygen atoms in total. The number of para-hydroxylation sites is 1. The third-order valence-electron chi connectivity index (χ3n) is 2.59. The number of hydrogen-bond acceptors (Lipinski definition) is 4. The topological polar surface area (TPSA) is 86.3 Å². The van der Waals surface area contributed by atoms with Gasteiger partial charge in [-0.05, 0) is 24.3 Å². The van der Waals surface area contributed by atoms with Gasteiger partial charge in [-0.2, -0.15) is 0 Å². The van der Waals surface area contributed by atoms with Crippen LogP contribution in [0.2, 0.25) is 10.0 Å². The van der Waals surface area contributed by atoms with E-state index >= 15 is 0 Å². The molecule has 0 aliphatic carbocycles. The van der Waals surface area contributed by atoms with E-state index in [0.29, 0.717) is 0 Å². The molecule has 0 aliphatic rings. The van der Waals surface area contributed by atoms with E-state index in [-0.39, 0.29) is 26.2 Å². The lowest BCUT2D eigenvalue weighted by Gasteiger charge is -2.13. The largest absolute Gasteiger partial charge is 0.545 e. The van der Waals surface area contributed by atoms with Crippen molar-refractivity contribution in [3.63, 3.8) is 0 Å². The van der Waals surface area contributed by atoms with Gasteiger partial charge in [0.15, 0.2) is 0 Å². The van der Waals surface area contributed by atoms with Gasteiger partial charge in [-0.3, -0.25) is 4.72 Å². The Morgan fingerprint density at radius 2 is 1.71 bits per heavy atom. The minimum absolute atomic E-state index is 0.0766. The van der Waals surface area contributed by atoms with Crippen LogP contribution in [0.15, 0.2) is 47.4 Å². The van der Waals surface area contributed by atoms with Gasteiger partial charge in [0.25, 0.3) is 10.0 Å². The van der Waals surface area contributed by atoms with E-state index in [0.717, 1.165) is 0 Å². The van der Waals surface area contributed by atoms with E-state index in [4.69, 9.17) is 23.2 Å². The summed E-state index contributed by atoms with van der Waals surface area (Å²) in [5, 5.41) is 11.2. The lowest BCUT2D eigenvalue weighted by molar-refractivity contribution is -0.254. The molecule has 21 heavy (non-hydrogen) atoms. The number of aromatic carboxylic acids is 1. The monoisotopic (exact) mass is 344 g/mol. The summed E-state index contributed by atoms with van der Waals surface area (Å²) in [5.74, 6) is -1.48. The minimum atomic E-state index is -3.99. The summed E-state index contributed by atoms with van der Waals surface area (Å²) in [6, 6.07) is 9.29. The molecule has 0 bridgehead atoms. The summed E-state index contributed by atoms with van der Waals surface area (Å²) in [6.07, 6.45) is 0. The number of anilines is 1. The Balaban J connectivity index is 2.42. The molecule has 0 radical (unpaired) electrons. The van der Waals surface area contributed by atoms with Gasteiger partial charge in [-0.25, -0.2) is 8.42 Å². The van der Waals surface area contributed by atoms with Gasteiger partial charge in [-0.15, -0.1) is 0 Å². The number of nitrogens with one attached hydrogen (secondary N) is 1. The lowest BCUT2D eigenvalue weighted by Crippen LogP contribution is -2.24. The van der Waals surface area contributed by atoms with Crippen LogP contribution in [-0.2, 0) is 10.0 Å². The second-order valence-electron chi connectivity index (χ2n) is 4.01. The zero-order valence-corrected chi connectivity index (χ0v) is 12.7. The van der Waals surface area contributed by atoms with Gasteiger partial charge in [0.05, 0.1) is 26.6 Å². The Hall–Kier alpha value is -1.76. The third-order valence-corrected chi connectivity index (χ3v) is 4.69. The summed E-state index contributed by atoms with van der Waals surface area (Å²) in [5.41, 5.74) is -0.357. The predicted octanol–water partition coefficient (Wildman–Crippen LogP) is 2.16.